The van der Waals surface area contributed by atoms with E-state index in [4.69, 9.17) is 0 Å². The molecule has 0 amide bonds. The molecule has 1 aromatic carbocycles. The van der Waals surface area contributed by atoms with Crippen LogP contribution in [0, 0.1) is 0 Å². The van der Waals surface area contributed by atoms with Gasteiger partial charge in [0.1, 0.15) is 5.78 Å². The van der Waals surface area contributed by atoms with Gasteiger partial charge in [0, 0.05) is 12.0 Å². The van der Waals surface area contributed by atoms with Crippen molar-refractivity contribution < 1.29 is 9.59 Å². The fourth-order valence-corrected chi connectivity index (χ4v) is 2.45. The molecule has 0 fully saturated rings. The summed E-state index contributed by atoms with van der Waals surface area (Å²) in [6.07, 6.45) is 10.4. The molecule has 0 aromatic heterocycles. The molecule has 0 aliphatic rings. The highest BCUT2D eigenvalue weighted by atomic mass is 16.1. The minimum absolute atomic E-state index is 0.0554. The molecule has 21 heavy (non-hydrogen) atoms. The second kappa shape index (κ2) is 11.2. The molecule has 2 heteroatoms. The van der Waals surface area contributed by atoms with E-state index in [1.165, 1.54) is 38.5 Å². The Morgan fingerprint density at radius 2 is 1.38 bits per heavy atom. The van der Waals surface area contributed by atoms with Gasteiger partial charge in [-0.25, -0.2) is 0 Å². The van der Waals surface area contributed by atoms with E-state index in [2.05, 4.69) is 6.92 Å². The summed E-state index contributed by atoms with van der Waals surface area (Å²) in [5.74, 6) is 0.0231. The second-order valence-electron chi connectivity index (χ2n) is 5.73. The van der Waals surface area contributed by atoms with Crippen molar-refractivity contribution in [1.82, 2.24) is 0 Å². The van der Waals surface area contributed by atoms with E-state index in [-0.39, 0.29) is 18.0 Å². The lowest BCUT2D eigenvalue weighted by Crippen LogP contribution is -2.07. The van der Waals surface area contributed by atoms with Crippen molar-refractivity contribution in [2.45, 2.75) is 71.1 Å². The van der Waals surface area contributed by atoms with Crippen LogP contribution in [0.2, 0.25) is 0 Å². The predicted octanol–water partition coefficient (Wildman–Crippen LogP) is 5.36. The van der Waals surface area contributed by atoms with Gasteiger partial charge >= 0.3 is 0 Å². The Morgan fingerprint density at radius 1 is 0.810 bits per heavy atom. The summed E-state index contributed by atoms with van der Waals surface area (Å²) in [6.45, 7) is 2.22. The lowest BCUT2D eigenvalue weighted by Gasteiger charge is -2.02. The van der Waals surface area contributed by atoms with E-state index in [9.17, 15) is 9.59 Å². The quantitative estimate of drug-likeness (QED) is 0.295. The predicted molar refractivity (Wildman–Crippen MR) is 87.6 cm³/mol. The minimum Gasteiger partial charge on any atom is -0.299 e. The maximum Gasteiger partial charge on any atom is 0.170 e. The third-order valence-corrected chi connectivity index (χ3v) is 3.76. The molecule has 0 saturated carbocycles. The topological polar surface area (TPSA) is 34.1 Å². The zero-order valence-electron chi connectivity index (χ0n) is 13.3. The zero-order chi connectivity index (χ0) is 15.3. The molecule has 2 nitrogen and oxygen atoms in total. The SMILES string of the molecule is CCCCCCCCCCC(=O)CC(=O)c1ccccc1. The van der Waals surface area contributed by atoms with E-state index in [1.807, 2.05) is 18.2 Å². The van der Waals surface area contributed by atoms with Gasteiger partial charge in [0.15, 0.2) is 5.78 Å². The molecule has 1 aromatic rings. The molecule has 0 aliphatic heterocycles. The van der Waals surface area contributed by atoms with Gasteiger partial charge in [-0.15, -0.1) is 0 Å². The number of carbonyl (C=O) groups is 2. The van der Waals surface area contributed by atoms with Gasteiger partial charge in [-0.3, -0.25) is 9.59 Å². The van der Waals surface area contributed by atoms with Gasteiger partial charge in [0.25, 0.3) is 0 Å². The average Bonchev–Trinajstić information content (AvgIpc) is 2.50. The molecular formula is C19H28O2. The van der Waals surface area contributed by atoms with Gasteiger partial charge in [-0.2, -0.15) is 0 Å². The Balaban J connectivity index is 2.05. The molecule has 0 aliphatic carbocycles. The Morgan fingerprint density at radius 3 is 2.00 bits per heavy atom. The molecule has 0 radical (unpaired) electrons. The van der Waals surface area contributed by atoms with Crippen molar-refractivity contribution in [3.05, 3.63) is 35.9 Å². The van der Waals surface area contributed by atoms with Crippen LogP contribution in [0.15, 0.2) is 30.3 Å². The first-order valence-corrected chi connectivity index (χ1v) is 8.34. The summed E-state index contributed by atoms with van der Waals surface area (Å²) in [5.41, 5.74) is 0.641. The first-order valence-electron chi connectivity index (χ1n) is 8.34. The monoisotopic (exact) mass is 288 g/mol. The number of hydrogen-bond donors (Lipinski definition) is 0. The molecule has 0 N–H and O–H groups in total. The van der Waals surface area contributed by atoms with Crippen LogP contribution < -0.4 is 0 Å². The van der Waals surface area contributed by atoms with Crippen molar-refractivity contribution in [3.63, 3.8) is 0 Å². The van der Waals surface area contributed by atoms with Crippen LogP contribution in [-0.4, -0.2) is 11.6 Å². The normalized spacial score (nSPS) is 10.5. The van der Waals surface area contributed by atoms with Crippen molar-refractivity contribution in [2.24, 2.45) is 0 Å². The first kappa shape index (κ1) is 17.6. The minimum atomic E-state index is -0.0554. The number of ketones is 2. The van der Waals surface area contributed by atoms with E-state index < -0.39 is 0 Å². The first-order chi connectivity index (χ1) is 10.2. The molecule has 0 spiro atoms. The molecule has 0 unspecified atom stereocenters. The highest BCUT2D eigenvalue weighted by Crippen LogP contribution is 2.11. The van der Waals surface area contributed by atoms with Crippen LogP contribution >= 0.6 is 0 Å². The summed E-state index contributed by atoms with van der Waals surface area (Å²) in [6, 6.07) is 9.07. The Kier molecular flexibility index (Phi) is 9.43. The number of unbranched alkanes of at least 4 members (excludes halogenated alkanes) is 7. The summed E-state index contributed by atoms with van der Waals surface area (Å²) in [4.78, 5) is 23.6. The fraction of sp³-hybridized carbons (Fsp3) is 0.579. The Bertz CT molecular complexity index is 409. The van der Waals surface area contributed by atoms with Crippen LogP contribution in [0.1, 0.15) is 81.5 Å². The largest absolute Gasteiger partial charge is 0.299 e. The number of hydrogen-bond acceptors (Lipinski definition) is 2. The van der Waals surface area contributed by atoms with Gasteiger partial charge < -0.3 is 0 Å². The smallest absolute Gasteiger partial charge is 0.170 e. The average molecular weight is 288 g/mol. The third-order valence-electron chi connectivity index (χ3n) is 3.76. The van der Waals surface area contributed by atoms with Gasteiger partial charge in [0.2, 0.25) is 0 Å². The lowest BCUT2D eigenvalue weighted by molar-refractivity contribution is -0.118. The molecule has 1 rings (SSSR count). The number of benzene rings is 1. The fourth-order valence-electron chi connectivity index (χ4n) is 2.45. The van der Waals surface area contributed by atoms with Gasteiger partial charge in [-0.1, -0.05) is 82.2 Å². The third kappa shape index (κ3) is 8.44. The summed E-state index contributed by atoms with van der Waals surface area (Å²) in [5, 5.41) is 0. The summed E-state index contributed by atoms with van der Waals surface area (Å²) in [7, 11) is 0. The second-order valence-corrected chi connectivity index (χ2v) is 5.73. The molecule has 0 bridgehead atoms. The van der Waals surface area contributed by atoms with Crippen molar-refractivity contribution in [2.75, 3.05) is 0 Å². The Labute approximate surface area is 128 Å². The van der Waals surface area contributed by atoms with Crippen molar-refractivity contribution in [1.29, 1.82) is 0 Å². The lowest BCUT2D eigenvalue weighted by atomic mass is 10.0. The van der Waals surface area contributed by atoms with Gasteiger partial charge in [0.05, 0.1) is 6.42 Å². The van der Waals surface area contributed by atoms with E-state index in [0.29, 0.717) is 12.0 Å². The molecular weight excluding hydrogens is 260 g/mol. The highest BCUT2D eigenvalue weighted by Gasteiger charge is 2.10. The van der Waals surface area contributed by atoms with Crippen LogP contribution in [0.5, 0.6) is 0 Å². The van der Waals surface area contributed by atoms with Crippen molar-refractivity contribution in [3.8, 4) is 0 Å². The number of rotatable bonds is 12. The van der Waals surface area contributed by atoms with Crippen LogP contribution in [0.3, 0.4) is 0 Å². The maximum absolute atomic E-state index is 11.9. The van der Waals surface area contributed by atoms with E-state index >= 15 is 0 Å². The molecule has 0 atom stereocenters. The molecule has 0 heterocycles. The maximum atomic E-state index is 11.9. The highest BCUT2D eigenvalue weighted by molar-refractivity contribution is 6.07. The summed E-state index contributed by atoms with van der Waals surface area (Å²) < 4.78 is 0. The van der Waals surface area contributed by atoms with Crippen molar-refractivity contribution >= 4 is 11.6 Å². The van der Waals surface area contributed by atoms with E-state index in [1.54, 1.807) is 12.1 Å². The van der Waals surface area contributed by atoms with Crippen LogP contribution in [-0.2, 0) is 4.79 Å². The molecule has 116 valence electrons. The summed E-state index contributed by atoms with van der Waals surface area (Å²) >= 11 is 0. The Hall–Kier alpha value is -1.44. The van der Waals surface area contributed by atoms with Crippen LogP contribution in [0.4, 0.5) is 0 Å². The van der Waals surface area contributed by atoms with Crippen LogP contribution in [0.25, 0.3) is 0 Å². The van der Waals surface area contributed by atoms with E-state index in [0.717, 1.165) is 12.8 Å². The zero-order valence-corrected chi connectivity index (χ0v) is 13.3. The number of Topliss-reactive ketones (excluding diaryl/α,β-unsaturated/α-hetero) is 2. The standard InChI is InChI=1S/C19H28O2/c1-2-3-4-5-6-7-8-12-15-18(20)16-19(21)17-13-10-9-11-14-17/h9-11,13-14H,2-8,12,15-16H2,1H3. The van der Waals surface area contributed by atoms with Gasteiger partial charge in [-0.05, 0) is 6.42 Å². The molecule has 0 saturated heterocycles. The number of carbonyl (C=O) groups excluding carboxylic acids is 2.